The highest BCUT2D eigenvalue weighted by molar-refractivity contribution is 5.70. The van der Waals surface area contributed by atoms with Crippen molar-refractivity contribution >= 4 is 11.9 Å². The molecule has 64 heavy (non-hydrogen) atoms. The Balaban J connectivity index is 4.35. The number of esters is 2. The standard InChI is InChI=1S/C59H100O5/c1-4-7-10-13-16-19-22-25-27-29-30-32-33-35-37-40-43-46-49-52-58(60)63-56-57(55-62-54-51-48-45-42-39-24-21-18-15-12-9-6-3)64-59(61)53-50-47-44-41-38-36-34-31-28-26-23-20-17-14-11-8-5-2/h8,11,15-20,25-28,34,36,41,44,57H,4-7,9-10,12-14,21-24,29-33,35,37-40,42-43,45-56H2,1-3H3/b11-8-,18-15-,19-16-,20-17-,27-25-,28-26-,36-34-,44-41-. The van der Waals surface area contributed by atoms with Crippen LogP contribution in [0.5, 0.6) is 0 Å². The van der Waals surface area contributed by atoms with Crippen LogP contribution in [-0.2, 0) is 23.8 Å². The summed E-state index contributed by atoms with van der Waals surface area (Å²) in [4.78, 5) is 25.4. The van der Waals surface area contributed by atoms with Crippen molar-refractivity contribution in [2.24, 2.45) is 0 Å². The fourth-order valence-electron chi connectivity index (χ4n) is 7.09. The van der Waals surface area contributed by atoms with E-state index in [1.54, 1.807) is 0 Å². The van der Waals surface area contributed by atoms with Crippen molar-refractivity contribution in [1.82, 2.24) is 0 Å². The van der Waals surface area contributed by atoms with Crippen LogP contribution in [0.25, 0.3) is 0 Å². The third-order valence-electron chi connectivity index (χ3n) is 11.1. The van der Waals surface area contributed by atoms with Crippen molar-refractivity contribution in [2.75, 3.05) is 19.8 Å². The number of hydrogen-bond donors (Lipinski definition) is 0. The molecule has 366 valence electrons. The van der Waals surface area contributed by atoms with Crippen molar-refractivity contribution in [1.29, 1.82) is 0 Å². The molecular weight excluding hydrogens is 789 g/mol. The zero-order chi connectivity index (χ0) is 46.3. The highest BCUT2D eigenvalue weighted by atomic mass is 16.6. The Morgan fingerprint density at radius 1 is 0.359 bits per heavy atom. The Bertz CT molecular complexity index is 1230. The topological polar surface area (TPSA) is 61.8 Å². The van der Waals surface area contributed by atoms with Gasteiger partial charge in [0.05, 0.1) is 6.61 Å². The maximum absolute atomic E-state index is 12.8. The molecule has 0 saturated carbocycles. The minimum atomic E-state index is -0.575. The number of allylic oxidation sites excluding steroid dienone is 16. The molecule has 0 radical (unpaired) electrons. The molecule has 0 N–H and O–H groups in total. The lowest BCUT2D eigenvalue weighted by molar-refractivity contribution is -0.162. The Kier molecular flexibility index (Phi) is 51.5. The van der Waals surface area contributed by atoms with E-state index >= 15 is 0 Å². The predicted octanol–water partition coefficient (Wildman–Crippen LogP) is 18.2. The van der Waals surface area contributed by atoms with Gasteiger partial charge in [0, 0.05) is 19.4 Å². The van der Waals surface area contributed by atoms with Crippen LogP contribution in [0.3, 0.4) is 0 Å². The van der Waals surface area contributed by atoms with E-state index < -0.39 is 6.10 Å². The van der Waals surface area contributed by atoms with E-state index in [2.05, 4.69) is 118 Å². The first-order valence-corrected chi connectivity index (χ1v) is 26.8. The second-order valence-corrected chi connectivity index (χ2v) is 17.4. The average Bonchev–Trinajstić information content (AvgIpc) is 3.30. The zero-order valence-corrected chi connectivity index (χ0v) is 42.0. The first-order valence-electron chi connectivity index (χ1n) is 26.8. The second kappa shape index (κ2) is 54.2. The van der Waals surface area contributed by atoms with Crippen LogP contribution in [0, 0.1) is 0 Å². The molecular formula is C59H100O5. The minimum absolute atomic E-state index is 0.0538. The van der Waals surface area contributed by atoms with Gasteiger partial charge in [0.1, 0.15) is 6.61 Å². The summed E-state index contributed by atoms with van der Waals surface area (Å²) in [5.41, 5.74) is 0. The monoisotopic (exact) mass is 889 g/mol. The highest BCUT2D eigenvalue weighted by Crippen LogP contribution is 2.13. The van der Waals surface area contributed by atoms with Gasteiger partial charge in [-0.15, -0.1) is 0 Å². The summed E-state index contributed by atoms with van der Waals surface area (Å²) in [6, 6.07) is 0. The summed E-state index contributed by atoms with van der Waals surface area (Å²) in [6.45, 7) is 7.58. The number of hydrogen-bond acceptors (Lipinski definition) is 5. The lowest BCUT2D eigenvalue weighted by Gasteiger charge is -2.18. The van der Waals surface area contributed by atoms with Crippen molar-refractivity contribution in [3.63, 3.8) is 0 Å². The summed E-state index contributed by atoms with van der Waals surface area (Å²) >= 11 is 0. The van der Waals surface area contributed by atoms with Gasteiger partial charge in [0.15, 0.2) is 6.10 Å². The molecule has 5 heteroatoms. The first kappa shape index (κ1) is 60.8. The van der Waals surface area contributed by atoms with Gasteiger partial charge < -0.3 is 14.2 Å². The van der Waals surface area contributed by atoms with Crippen molar-refractivity contribution in [3.8, 4) is 0 Å². The van der Waals surface area contributed by atoms with E-state index in [4.69, 9.17) is 14.2 Å². The lowest BCUT2D eigenvalue weighted by Crippen LogP contribution is -2.30. The smallest absolute Gasteiger partial charge is 0.306 e. The van der Waals surface area contributed by atoms with Crippen LogP contribution in [-0.4, -0.2) is 37.9 Å². The molecule has 0 rings (SSSR count). The zero-order valence-electron chi connectivity index (χ0n) is 42.0. The molecule has 0 fully saturated rings. The predicted molar refractivity (Wildman–Crippen MR) is 279 cm³/mol. The van der Waals surface area contributed by atoms with Gasteiger partial charge in [-0.05, 0) is 109 Å². The Hall–Kier alpha value is -3.18. The molecule has 0 aliphatic carbocycles. The van der Waals surface area contributed by atoms with Gasteiger partial charge in [-0.25, -0.2) is 0 Å². The molecule has 5 nitrogen and oxygen atoms in total. The van der Waals surface area contributed by atoms with E-state index in [0.29, 0.717) is 19.4 Å². The van der Waals surface area contributed by atoms with E-state index in [1.807, 2.05) is 0 Å². The van der Waals surface area contributed by atoms with Crippen LogP contribution < -0.4 is 0 Å². The van der Waals surface area contributed by atoms with Crippen LogP contribution in [0.2, 0.25) is 0 Å². The van der Waals surface area contributed by atoms with Crippen molar-refractivity contribution in [3.05, 3.63) is 97.2 Å². The normalized spacial score (nSPS) is 13.0. The molecule has 0 heterocycles. The Morgan fingerprint density at radius 2 is 0.734 bits per heavy atom. The fraction of sp³-hybridized carbons (Fsp3) is 0.695. The molecule has 0 saturated heterocycles. The van der Waals surface area contributed by atoms with Gasteiger partial charge in [-0.2, -0.15) is 0 Å². The molecule has 0 spiro atoms. The highest BCUT2D eigenvalue weighted by Gasteiger charge is 2.17. The van der Waals surface area contributed by atoms with Gasteiger partial charge in [0.2, 0.25) is 0 Å². The summed E-state index contributed by atoms with van der Waals surface area (Å²) < 4.78 is 17.4. The molecule has 0 aromatic carbocycles. The van der Waals surface area contributed by atoms with Crippen LogP contribution >= 0.6 is 0 Å². The van der Waals surface area contributed by atoms with Gasteiger partial charge >= 0.3 is 11.9 Å². The first-order chi connectivity index (χ1) is 31.6. The largest absolute Gasteiger partial charge is 0.462 e. The average molecular weight is 889 g/mol. The van der Waals surface area contributed by atoms with Gasteiger partial charge in [-0.1, -0.05) is 214 Å². The van der Waals surface area contributed by atoms with E-state index in [0.717, 1.165) is 83.5 Å². The minimum Gasteiger partial charge on any atom is -0.462 e. The van der Waals surface area contributed by atoms with Gasteiger partial charge in [0.25, 0.3) is 0 Å². The molecule has 0 aromatic rings. The Morgan fingerprint density at radius 3 is 1.23 bits per heavy atom. The Labute approximate surface area is 396 Å². The van der Waals surface area contributed by atoms with Crippen molar-refractivity contribution < 1.29 is 23.8 Å². The second-order valence-electron chi connectivity index (χ2n) is 17.4. The van der Waals surface area contributed by atoms with Crippen LogP contribution in [0.15, 0.2) is 97.2 Å². The van der Waals surface area contributed by atoms with E-state index in [-0.39, 0.29) is 25.2 Å². The summed E-state index contributed by atoms with van der Waals surface area (Å²) in [5.74, 6) is -0.474. The van der Waals surface area contributed by atoms with E-state index in [9.17, 15) is 9.59 Å². The number of unbranched alkanes of at least 4 members (excludes halogenated alkanes) is 21. The fourth-order valence-corrected chi connectivity index (χ4v) is 7.09. The summed E-state index contributed by atoms with van der Waals surface area (Å²) in [7, 11) is 0. The summed E-state index contributed by atoms with van der Waals surface area (Å²) in [6.07, 6.45) is 72.8. The molecule has 1 atom stereocenters. The lowest BCUT2D eigenvalue weighted by atomic mass is 10.1. The quantitative estimate of drug-likeness (QED) is 0.0346. The number of ether oxygens (including phenoxy) is 3. The van der Waals surface area contributed by atoms with Crippen molar-refractivity contribution in [2.45, 2.75) is 245 Å². The third-order valence-corrected chi connectivity index (χ3v) is 11.1. The van der Waals surface area contributed by atoms with Crippen LogP contribution in [0.1, 0.15) is 239 Å². The molecule has 0 aromatic heterocycles. The van der Waals surface area contributed by atoms with Crippen LogP contribution in [0.4, 0.5) is 0 Å². The molecule has 0 amide bonds. The third kappa shape index (κ3) is 51.5. The number of rotatable bonds is 48. The molecule has 0 aliphatic heterocycles. The molecule has 0 aliphatic rings. The number of carbonyl (C=O) groups is 2. The molecule has 0 bridgehead atoms. The maximum atomic E-state index is 12.8. The van der Waals surface area contributed by atoms with Gasteiger partial charge in [-0.3, -0.25) is 9.59 Å². The SMILES string of the molecule is CC/C=C\C/C=C\C/C=C\C/C=C\C/C=C\CCCC(=O)OC(COCCCCCCCC/C=C\CCCC)COC(=O)CCCCCCCCCCC/C=C\C/C=C\CCCCC. The molecule has 1 unspecified atom stereocenters. The maximum Gasteiger partial charge on any atom is 0.306 e. The summed E-state index contributed by atoms with van der Waals surface area (Å²) in [5, 5.41) is 0. The van der Waals surface area contributed by atoms with E-state index in [1.165, 1.54) is 122 Å². The number of carbonyl (C=O) groups excluding carboxylic acids is 2.